The van der Waals surface area contributed by atoms with Gasteiger partial charge in [0.05, 0.1) is 36.2 Å². The van der Waals surface area contributed by atoms with Crippen LogP contribution in [0.5, 0.6) is 5.75 Å². The summed E-state index contributed by atoms with van der Waals surface area (Å²) in [6.07, 6.45) is 4.25. The molecule has 0 N–H and O–H groups in total. The van der Waals surface area contributed by atoms with Crippen LogP contribution in [0.3, 0.4) is 0 Å². The number of ether oxygens (including phenoxy) is 1. The minimum absolute atomic E-state index is 0.249. The standard InChI is InChI=1S/C14H18ClN3O3S/c1-22(19,20)18-4-2-11(3-5-18)10-21-14-9-17-13(7-15)6-12(14)8-16/h6,9,11H,2-5,7,10H2,1H3. The van der Waals surface area contributed by atoms with E-state index in [1.165, 1.54) is 16.8 Å². The molecule has 0 atom stereocenters. The van der Waals surface area contributed by atoms with Crippen molar-refractivity contribution in [1.29, 1.82) is 5.26 Å². The third kappa shape index (κ3) is 4.32. The molecule has 6 nitrogen and oxygen atoms in total. The Labute approximate surface area is 135 Å². The highest BCUT2D eigenvalue weighted by Crippen LogP contribution is 2.23. The quantitative estimate of drug-likeness (QED) is 0.760. The van der Waals surface area contributed by atoms with Crippen molar-refractivity contribution in [2.75, 3.05) is 26.0 Å². The van der Waals surface area contributed by atoms with E-state index in [1.54, 1.807) is 6.07 Å². The molecule has 1 aliphatic heterocycles. The minimum Gasteiger partial charge on any atom is -0.490 e. The lowest BCUT2D eigenvalue weighted by molar-refractivity contribution is 0.185. The highest BCUT2D eigenvalue weighted by Gasteiger charge is 2.25. The number of hydrogen-bond donors (Lipinski definition) is 0. The van der Waals surface area contributed by atoms with E-state index in [9.17, 15) is 8.42 Å². The van der Waals surface area contributed by atoms with Gasteiger partial charge in [-0.15, -0.1) is 11.6 Å². The molecule has 120 valence electrons. The van der Waals surface area contributed by atoms with Crippen LogP contribution in [0.25, 0.3) is 0 Å². The monoisotopic (exact) mass is 343 g/mol. The smallest absolute Gasteiger partial charge is 0.211 e. The number of hydrogen-bond acceptors (Lipinski definition) is 5. The maximum absolute atomic E-state index is 11.5. The first kappa shape index (κ1) is 17.0. The van der Waals surface area contributed by atoms with Crippen molar-refractivity contribution in [3.05, 3.63) is 23.5 Å². The summed E-state index contributed by atoms with van der Waals surface area (Å²) in [5.74, 6) is 0.970. The number of sulfonamides is 1. The highest BCUT2D eigenvalue weighted by atomic mass is 35.5. The summed E-state index contributed by atoms with van der Waals surface area (Å²) in [5, 5.41) is 9.13. The third-order valence-corrected chi connectivity index (χ3v) is 5.28. The molecule has 0 aromatic carbocycles. The highest BCUT2D eigenvalue weighted by molar-refractivity contribution is 7.88. The zero-order valence-electron chi connectivity index (χ0n) is 12.3. The predicted molar refractivity (Wildman–Crippen MR) is 83.1 cm³/mol. The lowest BCUT2D eigenvalue weighted by atomic mass is 9.99. The van der Waals surface area contributed by atoms with Gasteiger partial charge in [-0.25, -0.2) is 12.7 Å². The van der Waals surface area contributed by atoms with Gasteiger partial charge < -0.3 is 4.74 Å². The number of piperidine rings is 1. The van der Waals surface area contributed by atoms with E-state index >= 15 is 0 Å². The van der Waals surface area contributed by atoms with Crippen LogP contribution in [0, 0.1) is 17.2 Å². The van der Waals surface area contributed by atoms with Crippen LogP contribution < -0.4 is 4.74 Å². The van der Waals surface area contributed by atoms with E-state index in [2.05, 4.69) is 11.1 Å². The fourth-order valence-electron chi connectivity index (χ4n) is 2.38. The van der Waals surface area contributed by atoms with E-state index in [0.717, 1.165) is 12.8 Å². The van der Waals surface area contributed by atoms with Crippen molar-refractivity contribution in [2.45, 2.75) is 18.7 Å². The summed E-state index contributed by atoms with van der Waals surface area (Å²) < 4.78 is 30.1. The molecular formula is C14H18ClN3O3S. The van der Waals surface area contributed by atoms with Crippen LogP contribution in [-0.4, -0.2) is 43.7 Å². The zero-order chi connectivity index (χ0) is 16.2. The number of alkyl halides is 1. The first-order valence-electron chi connectivity index (χ1n) is 6.97. The Bertz CT molecular complexity index is 664. The Morgan fingerprint density at radius 1 is 1.50 bits per heavy atom. The lowest BCUT2D eigenvalue weighted by Gasteiger charge is -2.30. The number of halogens is 1. The van der Waals surface area contributed by atoms with Crippen LogP contribution in [-0.2, 0) is 15.9 Å². The van der Waals surface area contributed by atoms with Gasteiger partial charge in [-0.05, 0) is 24.8 Å². The van der Waals surface area contributed by atoms with Crippen LogP contribution >= 0.6 is 11.6 Å². The minimum atomic E-state index is -3.11. The SMILES string of the molecule is CS(=O)(=O)N1CCC(COc2cnc(CCl)cc2C#N)CC1. The largest absolute Gasteiger partial charge is 0.490 e. The lowest BCUT2D eigenvalue weighted by Crippen LogP contribution is -2.39. The Kier molecular flexibility index (Phi) is 5.62. The average molecular weight is 344 g/mol. The fraction of sp³-hybridized carbons (Fsp3) is 0.571. The maximum atomic E-state index is 11.5. The molecule has 2 rings (SSSR count). The first-order chi connectivity index (χ1) is 10.4. The molecule has 1 aromatic heterocycles. The molecule has 0 amide bonds. The number of pyridine rings is 1. The molecule has 0 bridgehead atoms. The normalized spacial score (nSPS) is 17.1. The van der Waals surface area contributed by atoms with Gasteiger partial charge in [0.1, 0.15) is 6.07 Å². The van der Waals surface area contributed by atoms with Crippen molar-refractivity contribution in [3.63, 3.8) is 0 Å². The van der Waals surface area contributed by atoms with Gasteiger partial charge in [0, 0.05) is 13.1 Å². The van der Waals surface area contributed by atoms with Crippen molar-refractivity contribution in [3.8, 4) is 11.8 Å². The number of aromatic nitrogens is 1. The Morgan fingerprint density at radius 3 is 2.73 bits per heavy atom. The summed E-state index contributed by atoms with van der Waals surface area (Å²) in [5.41, 5.74) is 1.05. The van der Waals surface area contributed by atoms with E-state index in [4.69, 9.17) is 21.6 Å². The first-order valence-corrected chi connectivity index (χ1v) is 9.35. The second-order valence-corrected chi connectivity index (χ2v) is 7.58. The van der Waals surface area contributed by atoms with E-state index in [-0.39, 0.29) is 11.8 Å². The fourth-order valence-corrected chi connectivity index (χ4v) is 3.40. The van der Waals surface area contributed by atoms with Crippen LogP contribution in [0.15, 0.2) is 12.3 Å². The van der Waals surface area contributed by atoms with Crippen molar-refractivity contribution in [2.24, 2.45) is 5.92 Å². The molecule has 1 saturated heterocycles. The van der Waals surface area contributed by atoms with Gasteiger partial charge in [0.25, 0.3) is 0 Å². The molecule has 1 aliphatic rings. The molecule has 0 radical (unpaired) electrons. The average Bonchev–Trinajstić information content (AvgIpc) is 2.52. The Balaban J connectivity index is 1.91. The van der Waals surface area contributed by atoms with Crippen LogP contribution in [0.4, 0.5) is 0 Å². The summed E-state index contributed by atoms with van der Waals surface area (Å²) in [6.45, 7) is 1.48. The zero-order valence-corrected chi connectivity index (χ0v) is 13.9. The predicted octanol–water partition coefficient (Wildman–Crippen LogP) is 1.74. The van der Waals surface area contributed by atoms with Crippen LogP contribution in [0.2, 0.25) is 0 Å². The summed E-state index contributed by atoms with van der Waals surface area (Å²) in [7, 11) is -3.11. The molecule has 1 fully saturated rings. The maximum Gasteiger partial charge on any atom is 0.211 e. The Morgan fingerprint density at radius 2 is 2.18 bits per heavy atom. The number of nitrogens with zero attached hydrogens (tertiary/aromatic N) is 3. The molecule has 0 aliphatic carbocycles. The summed E-state index contributed by atoms with van der Waals surface area (Å²) in [4.78, 5) is 4.12. The van der Waals surface area contributed by atoms with Crippen molar-refractivity contribution >= 4 is 21.6 Å². The molecular weight excluding hydrogens is 326 g/mol. The molecule has 8 heteroatoms. The molecule has 0 saturated carbocycles. The van der Waals surface area contributed by atoms with E-state index in [0.29, 0.717) is 36.7 Å². The van der Waals surface area contributed by atoms with Crippen molar-refractivity contribution in [1.82, 2.24) is 9.29 Å². The van der Waals surface area contributed by atoms with Gasteiger partial charge in [-0.3, -0.25) is 4.98 Å². The van der Waals surface area contributed by atoms with Gasteiger partial charge >= 0.3 is 0 Å². The summed E-state index contributed by atoms with van der Waals surface area (Å²) >= 11 is 5.69. The molecule has 0 unspecified atom stereocenters. The van der Waals surface area contributed by atoms with Crippen molar-refractivity contribution < 1.29 is 13.2 Å². The molecule has 2 heterocycles. The molecule has 1 aromatic rings. The number of rotatable bonds is 5. The van der Waals surface area contributed by atoms with Gasteiger partial charge in [0.2, 0.25) is 10.0 Å². The van der Waals surface area contributed by atoms with E-state index in [1.807, 2.05) is 0 Å². The van der Waals surface area contributed by atoms with Gasteiger partial charge in [-0.2, -0.15) is 5.26 Å². The third-order valence-electron chi connectivity index (χ3n) is 3.70. The summed E-state index contributed by atoms with van der Waals surface area (Å²) in [6, 6.07) is 3.69. The molecule has 22 heavy (non-hydrogen) atoms. The van der Waals surface area contributed by atoms with Gasteiger partial charge in [-0.1, -0.05) is 0 Å². The van der Waals surface area contributed by atoms with Crippen LogP contribution in [0.1, 0.15) is 24.1 Å². The Hall–Kier alpha value is -1.36. The molecule has 0 spiro atoms. The topological polar surface area (TPSA) is 83.3 Å². The van der Waals surface area contributed by atoms with Gasteiger partial charge in [0.15, 0.2) is 5.75 Å². The van der Waals surface area contributed by atoms with E-state index < -0.39 is 10.0 Å². The second-order valence-electron chi connectivity index (χ2n) is 5.33. The second kappa shape index (κ2) is 7.27. The number of nitriles is 1.